The average molecular weight is 416 g/mol. The molecule has 3 rings (SSSR count). The van der Waals surface area contributed by atoms with E-state index in [0.717, 1.165) is 22.9 Å². The van der Waals surface area contributed by atoms with E-state index in [0.29, 0.717) is 17.7 Å². The van der Waals surface area contributed by atoms with Gasteiger partial charge >= 0.3 is 11.4 Å². The molecular formula is C17H12N4O9. The predicted octanol–water partition coefficient (Wildman–Crippen LogP) is 3.17. The summed E-state index contributed by atoms with van der Waals surface area (Å²) in [6.07, 6.45) is 2.45. The first-order chi connectivity index (χ1) is 14.2. The lowest BCUT2D eigenvalue weighted by molar-refractivity contribution is -0.404. The maximum absolute atomic E-state index is 10.8. The molecule has 0 fully saturated rings. The van der Waals surface area contributed by atoms with Crippen LogP contribution in [-0.2, 0) is 0 Å². The summed E-state index contributed by atoms with van der Waals surface area (Å²) < 4.78 is 5.08. The third kappa shape index (κ3) is 4.59. The highest BCUT2D eigenvalue weighted by atomic mass is 16.6. The lowest BCUT2D eigenvalue weighted by atomic mass is 10.1. The summed E-state index contributed by atoms with van der Waals surface area (Å²) in [7, 11) is 1.60. The number of carbonyl (C=O) groups is 1. The van der Waals surface area contributed by atoms with Gasteiger partial charge in [0.2, 0.25) is 0 Å². The molecule has 0 unspecified atom stereocenters. The quantitative estimate of drug-likeness (QED) is 0.367. The number of nitrogens with zero attached hydrogens (tertiary/aromatic N) is 4. The first kappa shape index (κ1) is 21.6. The van der Waals surface area contributed by atoms with Crippen LogP contribution in [-0.4, -0.2) is 38.3 Å². The summed E-state index contributed by atoms with van der Waals surface area (Å²) in [6, 6.07) is 8.05. The molecule has 0 amide bonds. The van der Waals surface area contributed by atoms with Gasteiger partial charge in [-0.1, -0.05) is 0 Å². The van der Waals surface area contributed by atoms with E-state index in [4.69, 9.17) is 9.84 Å². The number of rotatable bonds is 5. The first-order valence-corrected chi connectivity index (χ1v) is 7.87. The van der Waals surface area contributed by atoms with Crippen LogP contribution in [0.5, 0.6) is 11.5 Å². The Kier molecular flexibility index (Phi) is 6.49. The predicted molar refractivity (Wildman–Crippen MR) is 102 cm³/mol. The second kappa shape index (κ2) is 9.01. The maximum atomic E-state index is 10.8. The van der Waals surface area contributed by atoms with Crippen LogP contribution in [0.25, 0.3) is 10.9 Å². The molecule has 154 valence electrons. The number of hydrogen-bond donors (Lipinski definition) is 1. The average Bonchev–Trinajstić information content (AvgIpc) is 2.72. The fourth-order valence-electron chi connectivity index (χ4n) is 2.35. The zero-order chi connectivity index (χ0) is 22.4. The molecule has 0 radical (unpaired) electrons. The fourth-order valence-corrected chi connectivity index (χ4v) is 2.35. The van der Waals surface area contributed by atoms with Crippen molar-refractivity contribution in [2.45, 2.75) is 0 Å². The van der Waals surface area contributed by atoms with Gasteiger partial charge in [0.1, 0.15) is 5.75 Å². The van der Waals surface area contributed by atoms with Crippen LogP contribution in [0.2, 0.25) is 0 Å². The van der Waals surface area contributed by atoms with Crippen LogP contribution in [0.3, 0.4) is 0 Å². The minimum atomic E-state index is -1.21. The molecule has 0 spiro atoms. The molecule has 0 bridgehead atoms. The number of nitro groups is 3. The summed E-state index contributed by atoms with van der Waals surface area (Å²) in [5.74, 6) is -0.478. The van der Waals surface area contributed by atoms with Gasteiger partial charge in [-0.25, -0.2) is 0 Å². The standard InChI is InChI=1S/C11H9NO2.C6H3N3O7/c1-14-9-2-3-11-10(6-9)8(7-13)4-5-12-11;10-6-4(8(13)14)1-3(7(11)12)2-5(6)9(15)16/h2-7H,1H3;1-2,10H. The van der Waals surface area contributed by atoms with Crippen molar-refractivity contribution >= 4 is 34.3 Å². The number of phenols is 1. The number of non-ortho nitro benzene ring substituents is 1. The van der Waals surface area contributed by atoms with Crippen molar-refractivity contribution < 1.29 is 29.4 Å². The Balaban J connectivity index is 0.000000215. The van der Waals surface area contributed by atoms with Crippen LogP contribution < -0.4 is 4.74 Å². The number of methoxy groups -OCH3 is 1. The largest absolute Gasteiger partial charge is 0.497 e. The second-order valence-electron chi connectivity index (χ2n) is 5.51. The number of pyridine rings is 1. The van der Waals surface area contributed by atoms with E-state index in [-0.39, 0.29) is 0 Å². The van der Waals surface area contributed by atoms with Gasteiger partial charge in [-0.15, -0.1) is 0 Å². The van der Waals surface area contributed by atoms with Crippen LogP contribution in [0.4, 0.5) is 17.1 Å². The molecule has 2 aromatic carbocycles. The van der Waals surface area contributed by atoms with E-state index >= 15 is 0 Å². The number of aromatic hydroxyl groups is 1. The molecule has 0 aliphatic carbocycles. The number of ether oxygens (including phenoxy) is 1. The molecule has 1 aromatic heterocycles. The summed E-state index contributed by atoms with van der Waals surface area (Å²) >= 11 is 0. The molecule has 13 heteroatoms. The Morgan fingerprint density at radius 1 is 0.967 bits per heavy atom. The molecule has 30 heavy (non-hydrogen) atoms. The van der Waals surface area contributed by atoms with E-state index in [2.05, 4.69) is 4.98 Å². The van der Waals surface area contributed by atoms with Gasteiger partial charge in [-0.2, -0.15) is 0 Å². The lowest BCUT2D eigenvalue weighted by Crippen LogP contribution is -1.97. The van der Waals surface area contributed by atoms with Gasteiger partial charge in [0.05, 0.1) is 39.5 Å². The lowest BCUT2D eigenvalue weighted by Gasteiger charge is -2.02. The van der Waals surface area contributed by atoms with E-state index in [1.54, 1.807) is 19.4 Å². The third-order valence-electron chi connectivity index (χ3n) is 3.77. The van der Waals surface area contributed by atoms with Gasteiger partial charge in [-0.3, -0.25) is 40.1 Å². The van der Waals surface area contributed by atoms with E-state index < -0.39 is 37.6 Å². The van der Waals surface area contributed by atoms with Crippen molar-refractivity contribution in [3.05, 3.63) is 78.5 Å². The number of hydrogen-bond acceptors (Lipinski definition) is 10. The number of aromatic nitrogens is 1. The van der Waals surface area contributed by atoms with Crippen molar-refractivity contribution in [3.63, 3.8) is 0 Å². The zero-order valence-corrected chi connectivity index (χ0v) is 15.1. The monoisotopic (exact) mass is 416 g/mol. The van der Waals surface area contributed by atoms with Crippen LogP contribution >= 0.6 is 0 Å². The smallest absolute Gasteiger partial charge is 0.324 e. The third-order valence-corrected chi connectivity index (χ3v) is 3.77. The van der Waals surface area contributed by atoms with Crippen LogP contribution in [0.1, 0.15) is 10.4 Å². The number of aldehydes is 1. The van der Waals surface area contributed by atoms with E-state index in [1.165, 1.54) is 0 Å². The number of phenolic OH excluding ortho intramolecular Hbond substituents is 1. The molecule has 3 aromatic rings. The topological polar surface area (TPSA) is 189 Å². The molecule has 0 saturated carbocycles. The Bertz CT molecular complexity index is 1130. The number of benzene rings is 2. The Morgan fingerprint density at radius 3 is 2.03 bits per heavy atom. The molecule has 0 aliphatic heterocycles. The molecule has 13 nitrogen and oxygen atoms in total. The minimum Gasteiger partial charge on any atom is -0.497 e. The Labute approximate surface area is 166 Å². The summed E-state index contributed by atoms with van der Waals surface area (Å²) in [5, 5.41) is 41.0. The van der Waals surface area contributed by atoms with Gasteiger partial charge in [0.15, 0.2) is 6.29 Å². The molecular weight excluding hydrogens is 404 g/mol. The fraction of sp³-hybridized carbons (Fsp3) is 0.0588. The van der Waals surface area contributed by atoms with Gasteiger partial charge < -0.3 is 9.84 Å². The molecule has 0 atom stereocenters. The number of fused-ring (bicyclic) bond motifs is 1. The SMILES string of the molecule is COc1ccc2nccc(C=O)c2c1.O=[N+]([O-])c1cc([N+](=O)[O-])c(O)c([N+](=O)[O-])c1. The van der Waals surface area contributed by atoms with E-state index in [1.807, 2.05) is 18.2 Å². The molecule has 0 aliphatic rings. The van der Waals surface area contributed by atoms with Gasteiger partial charge in [0, 0.05) is 17.1 Å². The number of nitro benzene ring substituents is 3. The summed E-state index contributed by atoms with van der Waals surface area (Å²) in [5.41, 5.74) is -1.57. The number of carbonyl (C=O) groups excluding carboxylic acids is 1. The highest BCUT2D eigenvalue weighted by Gasteiger charge is 2.30. The van der Waals surface area contributed by atoms with Crippen molar-refractivity contribution in [3.8, 4) is 11.5 Å². The van der Waals surface area contributed by atoms with Gasteiger partial charge in [0.25, 0.3) is 11.4 Å². The Morgan fingerprint density at radius 2 is 1.57 bits per heavy atom. The maximum Gasteiger partial charge on any atom is 0.324 e. The zero-order valence-electron chi connectivity index (χ0n) is 15.1. The van der Waals surface area contributed by atoms with Crippen molar-refractivity contribution in [1.82, 2.24) is 4.98 Å². The first-order valence-electron chi connectivity index (χ1n) is 7.87. The summed E-state index contributed by atoms with van der Waals surface area (Å²) in [4.78, 5) is 42.7. The highest BCUT2D eigenvalue weighted by Crippen LogP contribution is 2.38. The van der Waals surface area contributed by atoms with E-state index in [9.17, 15) is 35.1 Å². The van der Waals surface area contributed by atoms with Crippen molar-refractivity contribution in [1.29, 1.82) is 0 Å². The van der Waals surface area contributed by atoms with Gasteiger partial charge in [-0.05, 0) is 24.3 Å². The second-order valence-corrected chi connectivity index (χ2v) is 5.51. The highest BCUT2D eigenvalue weighted by molar-refractivity contribution is 5.96. The molecule has 0 saturated heterocycles. The Hall–Kier alpha value is -4.68. The normalized spacial score (nSPS) is 9.90. The molecule has 1 N–H and O–H groups in total. The minimum absolute atomic E-state index is 0.447. The van der Waals surface area contributed by atoms with Crippen molar-refractivity contribution in [2.24, 2.45) is 0 Å². The van der Waals surface area contributed by atoms with Crippen LogP contribution in [0.15, 0.2) is 42.6 Å². The van der Waals surface area contributed by atoms with Crippen LogP contribution in [0, 0.1) is 30.3 Å². The molecule has 1 heterocycles. The van der Waals surface area contributed by atoms with Crippen molar-refractivity contribution in [2.75, 3.05) is 7.11 Å². The summed E-state index contributed by atoms with van der Waals surface area (Å²) in [6.45, 7) is 0.